The average molecular weight is 474 g/mol. The summed E-state index contributed by atoms with van der Waals surface area (Å²) in [5, 5.41) is 21.9. The lowest BCUT2D eigenvalue weighted by atomic mass is 10.00. The number of nitrogens with one attached hydrogen (secondary N) is 1. The van der Waals surface area contributed by atoms with Crippen LogP contribution in [0.3, 0.4) is 0 Å². The van der Waals surface area contributed by atoms with E-state index in [1.54, 1.807) is 53.4 Å². The summed E-state index contributed by atoms with van der Waals surface area (Å²) in [6.45, 7) is 4.71. The van der Waals surface area contributed by atoms with Crippen molar-refractivity contribution < 1.29 is 19.4 Å². The van der Waals surface area contributed by atoms with Gasteiger partial charge < -0.3 is 20.1 Å². The predicted molar refractivity (Wildman–Crippen MR) is 129 cm³/mol. The van der Waals surface area contributed by atoms with Gasteiger partial charge in [0.2, 0.25) is 11.8 Å². The van der Waals surface area contributed by atoms with Gasteiger partial charge in [0, 0.05) is 25.9 Å². The Hall–Kier alpha value is -4.19. The van der Waals surface area contributed by atoms with Crippen molar-refractivity contribution in [2.24, 2.45) is 5.92 Å². The summed E-state index contributed by atoms with van der Waals surface area (Å²) in [6, 6.07) is 15.2. The van der Waals surface area contributed by atoms with Gasteiger partial charge in [-0.2, -0.15) is 5.26 Å². The molecule has 1 aromatic heterocycles. The van der Waals surface area contributed by atoms with Crippen LogP contribution in [0.1, 0.15) is 42.7 Å². The first-order valence-corrected chi connectivity index (χ1v) is 11.6. The van der Waals surface area contributed by atoms with Crippen LogP contribution in [0, 0.1) is 17.2 Å². The number of nitriles is 1. The number of carbonyl (C=O) groups excluding carboxylic acids is 2. The van der Waals surface area contributed by atoms with Gasteiger partial charge in [0.05, 0.1) is 22.7 Å². The number of aromatic hydroxyl groups is 1. The second-order valence-corrected chi connectivity index (χ2v) is 8.86. The molecule has 0 aliphatic carbocycles. The van der Waals surface area contributed by atoms with E-state index in [0.29, 0.717) is 48.3 Å². The number of hydrogen-bond acceptors (Lipinski definition) is 7. The summed E-state index contributed by atoms with van der Waals surface area (Å²) in [7, 11) is 0. The van der Waals surface area contributed by atoms with Crippen LogP contribution in [0.2, 0.25) is 0 Å². The Labute approximate surface area is 203 Å². The molecule has 180 valence electrons. The highest BCUT2D eigenvalue weighted by molar-refractivity contribution is 5.99. The first-order valence-electron chi connectivity index (χ1n) is 11.6. The van der Waals surface area contributed by atoms with E-state index in [-0.39, 0.29) is 23.6 Å². The maximum atomic E-state index is 13.3. The number of ether oxygens (including phenoxy) is 1. The highest BCUT2D eigenvalue weighted by atomic mass is 16.5. The highest BCUT2D eigenvalue weighted by Crippen LogP contribution is 2.22. The molecule has 2 aromatic carbocycles. The van der Waals surface area contributed by atoms with Crippen LogP contribution in [-0.2, 0) is 4.79 Å². The summed E-state index contributed by atoms with van der Waals surface area (Å²) < 4.78 is 6.00. The molecular weight excluding hydrogens is 446 g/mol. The summed E-state index contributed by atoms with van der Waals surface area (Å²) >= 11 is 0. The number of piperidine rings is 1. The molecule has 1 fully saturated rings. The fourth-order valence-electron chi connectivity index (χ4n) is 4.06. The van der Waals surface area contributed by atoms with Crippen molar-refractivity contribution in [2.75, 3.05) is 13.1 Å². The molecule has 9 heteroatoms. The lowest BCUT2D eigenvalue weighted by Crippen LogP contribution is -2.53. The third-order valence-electron chi connectivity index (χ3n) is 6.03. The second-order valence-electron chi connectivity index (χ2n) is 8.86. The number of likely N-dealkylation sites (tertiary alicyclic amines) is 1. The molecule has 2 N–H and O–H groups in total. The van der Waals surface area contributed by atoms with Crippen molar-refractivity contribution in [3.8, 4) is 17.7 Å². The number of rotatable bonds is 6. The van der Waals surface area contributed by atoms with Gasteiger partial charge in [-0.1, -0.05) is 26.0 Å². The number of nitrogens with zero attached hydrogens (tertiary/aromatic N) is 4. The zero-order valence-corrected chi connectivity index (χ0v) is 19.6. The zero-order valence-electron chi connectivity index (χ0n) is 19.6. The fourth-order valence-corrected chi connectivity index (χ4v) is 4.06. The molecule has 0 bridgehead atoms. The van der Waals surface area contributed by atoms with Crippen molar-refractivity contribution in [3.63, 3.8) is 0 Å². The molecule has 0 spiro atoms. The highest BCUT2D eigenvalue weighted by Gasteiger charge is 2.33. The predicted octanol–water partition coefficient (Wildman–Crippen LogP) is 3.03. The Morgan fingerprint density at radius 3 is 2.31 bits per heavy atom. The minimum atomic E-state index is -0.772. The smallest absolute Gasteiger partial charge is 0.276 e. The van der Waals surface area contributed by atoms with Crippen LogP contribution >= 0.6 is 0 Å². The SMILES string of the molecule is CC(C)[C@H](NC(=O)c1nc2ccccc2nc1O)C(=O)N1CCC(Oc2ccc(C#N)cc2)CC1. The quantitative estimate of drug-likeness (QED) is 0.563. The van der Waals surface area contributed by atoms with E-state index in [2.05, 4.69) is 21.4 Å². The molecule has 1 saturated heterocycles. The van der Waals surface area contributed by atoms with Crippen molar-refractivity contribution >= 4 is 22.8 Å². The van der Waals surface area contributed by atoms with E-state index in [0.717, 1.165) is 0 Å². The molecule has 1 aliphatic heterocycles. The molecule has 2 amide bonds. The Kier molecular flexibility index (Phi) is 7.11. The molecule has 4 rings (SSSR count). The number of hydrogen-bond donors (Lipinski definition) is 2. The third-order valence-corrected chi connectivity index (χ3v) is 6.03. The average Bonchev–Trinajstić information content (AvgIpc) is 2.87. The van der Waals surface area contributed by atoms with Gasteiger partial charge in [-0.05, 0) is 42.3 Å². The van der Waals surface area contributed by atoms with Gasteiger partial charge in [-0.25, -0.2) is 9.97 Å². The van der Waals surface area contributed by atoms with Crippen molar-refractivity contribution in [3.05, 3.63) is 59.8 Å². The zero-order chi connectivity index (χ0) is 24.9. The summed E-state index contributed by atoms with van der Waals surface area (Å²) in [5.41, 5.74) is 1.32. The molecule has 1 atom stereocenters. The van der Waals surface area contributed by atoms with Gasteiger partial charge in [-0.15, -0.1) is 0 Å². The molecule has 3 aromatic rings. The second kappa shape index (κ2) is 10.4. The molecule has 35 heavy (non-hydrogen) atoms. The number of benzene rings is 2. The molecule has 1 aliphatic rings. The van der Waals surface area contributed by atoms with Crippen LogP contribution in [-0.4, -0.2) is 57.0 Å². The number of fused-ring (bicyclic) bond motifs is 1. The van der Waals surface area contributed by atoms with E-state index in [1.165, 1.54) is 0 Å². The molecule has 0 radical (unpaired) electrons. The van der Waals surface area contributed by atoms with Gasteiger partial charge in [0.15, 0.2) is 5.69 Å². The summed E-state index contributed by atoms with van der Waals surface area (Å²) in [4.78, 5) is 36.2. The van der Waals surface area contributed by atoms with Gasteiger partial charge >= 0.3 is 0 Å². The Morgan fingerprint density at radius 2 is 1.71 bits per heavy atom. The topological polar surface area (TPSA) is 128 Å². The summed E-state index contributed by atoms with van der Waals surface area (Å²) in [5.74, 6) is -0.783. The number of aromatic nitrogens is 2. The third kappa shape index (κ3) is 5.49. The molecular formula is C26H27N5O4. The van der Waals surface area contributed by atoms with Crippen molar-refractivity contribution in [2.45, 2.75) is 38.8 Å². The maximum absolute atomic E-state index is 13.3. The van der Waals surface area contributed by atoms with Crippen LogP contribution in [0.15, 0.2) is 48.5 Å². The largest absolute Gasteiger partial charge is 0.492 e. The van der Waals surface area contributed by atoms with Crippen LogP contribution < -0.4 is 10.1 Å². The standard InChI is InChI=1S/C26H27N5O4/c1-16(2)22(30-25(33)23-24(32)29-21-6-4-3-5-20(21)28-23)26(34)31-13-11-19(12-14-31)35-18-9-7-17(15-27)8-10-18/h3-10,16,19,22H,11-14H2,1-2H3,(H,29,32)(H,30,33)/t22-/m0/s1. The van der Waals surface area contributed by atoms with E-state index < -0.39 is 17.8 Å². The van der Waals surface area contributed by atoms with Crippen LogP contribution in [0.4, 0.5) is 0 Å². The Bertz CT molecular complexity index is 1260. The van der Waals surface area contributed by atoms with Gasteiger partial charge in [0.1, 0.15) is 17.9 Å². The molecule has 0 unspecified atom stereocenters. The van der Waals surface area contributed by atoms with Crippen molar-refractivity contribution in [1.82, 2.24) is 20.2 Å². The van der Waals surface area contributed by atoms with E-state index in [4.69, 9.17) is 10.00 Å². The first-order chi connectivity index (χ1) is 16.9. The van der Waals surface area contributed by atoms with Gasteiger partial charge in [-0.3, -0.25) is 9.59 Å². The number of amides is 2. The molecule has 2 heterocycles. The first kappa shape index (κ1) is 24.0. The fraction of sp³-hybridized carbons (Fsp3) is 0.346. The van der Waals surface area contributed by atoms with E-state index >= 15 is 0 Å². The maximum Gasteiger partial charge on any atom is 0.276 e. The number of para-hydroxylation sites is 2. The normalized spacial score (nSPS) is 15.0. The lowest BCUT2D eigenvalue weighted by Gasteiger charge is -2.35. The monoisotopic (exact) mass is 473 g/mol. The van der Waals surface area contributed by atoms with Gasteiger partial charge in [0.25, 0.3) is 5.91 Å². The minimum absolute atomic E-state index is 0.0381. The van der Waals surface area contributed by atoms with E-state index in [1.807, 2.05) is 13.8 Å². The van der Waals surface area contributed by atoms with Crippen LogP contribution in [0.25, 0.3) is 11.0 Å². The van der Waals surface area contributed by atoms with E-state index in [9.17, 15) is 14.7 Å². The van der Waals surface area contributed by atoms with Crippen molar-refractivity contribution in [1.29, 1.82) is 5.26 Å². The Balaban J connectivity index is 1.38. The molecule has 9 nitrogen and oxygen atoms in total. The molecule has 0 saturated carbocycles. The lowest BCUT2D eigenvalue weighted by molar-refractivity contribution is -0.136. The minimum Gasteiger partial charge on any atom is -0.492 e. The van der Waals surface area contributed by atoms with Crippen LogP contribution in [0.5, 0.6) is 11.6 Å². The summed E-state index contributed by atoms with van der Waals surface area (Å²) in [6.07, 6.45) is 1.27. The Morgan fingerprint density at radius 1 is 1.09 bits per heavy atom. The number of carbonyl (C=O) groups is 2.